The minimum atomic E-state index is 1.05. The maximum absolute atomic E-state index is 4.53. The Labute approximate surface area is 211 Å². The molecule has 0 fully saturated rings. The van der Waals surface area contributed by atoms with Crippen molar-refractivity contribution in [1.29, 1.82) is 0 Å². The number of benzene rings is 2. The summed E-state index contributed by atoms with van der Waals surface area (Å²) in [5.41, 5.74) is 8.50. The van der Waals surface area contributed by atoms with E-state index in [1.54, 1.807) is 11.3 Å². The zero-order valence-electron chi connectivity index (χ0n) is 21.4. The normalized spacial score (nSPS) is 12.2. The molecule has 0 amide bonds. The first kappa shape index (κ1) is 25.1. The predicted molar refractivity (Wildman–Crippen MR) is 148 cm³/mol. The Balaban J connectivity index is 1.31. The van der Waals surface area contributed by atoms with Crippen molar-refractivity contribution in [3.8, 4) is 21.7 Å². The molecule has 182 valence electrons. The van der Waals surface area contributed by atoms with Gasteiger partial charge >= 0.3 is 0 Å². The van der Waals surface area contributed by atoms with E-state index in [1.165, 1.54) is 122 Å². The number of aromatic nitrogens is 2. The number of fused-ring (bicyclic) bond motifs is 3. The van der Waals surface area contributed by atoms with Gasteiger partial charge in [0.15, 0.2) is 0 Å². The van der Waals surface area contributed by atoms with Crippen LogP contribution in [0.25, 0.3) is 21.7 Å². The zero-order chi connectivity index (χ0) is 23.6. The number of nitrogens with zero attached hydrogens (tertiary/aromatic N) is 2. The van der Waals surface area contributed by atoms with Crippen LogP contribution >= 0.6 is 11.3 Å². The van der Waals surface area contributed by atoms with Crippen LogP contribution in [0.15, 0.2) is 36.4 Å². The maximum atomic E-state index is 4.53. The quantitative estimate of drug-likeness (QED) is 0.160. The molecule has 1 aromatic heterocycles. The first-order chi connectivity index (χ1) is 16.8. The van der Waals surface area contributed by atoms with Crippen molar-refractivity contribution in [2.45, 2.75) is 110 Å². The largest absolute Gasteiger partial charge is 0.147 e. The number of rotatable bonds is 15. The second-order valence-corrected chi connectivity index (χ2v) is 11.1. The first-order valence-electron chi connectivity index (χ1n) is 13.9. The van der Waals surface area contributed by atoms with Gasteiger partial charge in [0.1, 0.15) is 10.0 Å². The molecule has 4 rings (SSSR count). The molecule has 1 heterocycles. The lowest BCUT2D eigenvalue weighted by atomic mass is 9.99. The van der Waals surface area contributed by atoms with Crippen molar-refractivity contribution in [1.82, 2.24) is 10.2 Å². The summed E-state index contributed by atoms with van der Waals surface area (Å²) in [5.74, 6) is 0. The highest BCUT2D eigenvalue weighted by Gasteiger charge is 2.20. The second kappa shape index (κ2) is 13.2. The molecular weight excluding hydrogens is 432 g/mol. The van der Waals surface area contributed by atoms with Crippen LogP contribution in [0.3, 0.4) is 0 Å². The lowest BCUT2D eigenvalue weighted by Crippen LogP contribution is -1.89. The summed E-state index contributed by atoms with van der Waals surface area (Å²) in [5, 5.41) is 11.3. The number of aryl methyl sites for hydroxylation is 2. The summed E-state index contributed by atoms with van der Waals surface area (Å²) in [7, 11) is 0. The third-order valence-electron chi connectivity index (χ3n) is 7.22. The third kappa shape index (κ3) is 6.78. The molecule has 2 nitrogen and oxygen atoms in total. The van der Waals surface area contributed by atoms with E-state index >= 15 is 0 Å². The molecule has 0 radical (unpaired) electrons. The van der Waals surface area contributed by atoms with Crippen molar-refractivity contribution >= 4 is 11.3 Å². The fourth-order valence-corrected chi connectivity index (χ4v) is 6.07. The SMILES string of the molecule is CCCCCCCCc1ccc2c(c1)Cc1cc(-c3nnc(CCCCCCCC)s3)ccc1-2. The van der Waals surface area contributed by atoms with Crippen molar-refractivity contribution < 1.29 is 0 Å². The molecule has 0 aliphatic heterocycles. The summed E-state index contributed by atoms with van der Waals surface area (Å²) in [6.45, 7) is 4.56. The zero-order valence-corrected chi connectivity index (χ0v) is 22.2. The monoisotopic (exact) mass is 474 g/mol. The Morgan fingerprint density at radius 1 is 0.647 bits per heavy atom. The van der Waals surface area contributed by atoms with Crippen LogP contribution in [-0.2, 0) is 19.3 Å². The molecule has 3 aromatic rings. The van der Waals surface area contributed by atoms with Crippen LogP contribution in [0, 0.1) is 0 Å². The molecule has 0 N–H and O–H groups in total. The van der Waals surface area contributed by atoms with Gasteiger partial charge in [-0.25, -0.2) is 0 Å². The number of unbranched alkanes of at least 4 members (excludes halogenated alkanes) is 10. The smallest absolute Gasteiger partial charge is 0.143 e. The molecule has 0 atom stereocenters. The van der Waals surface area contributed by atoms with E-state index in [-0.39, 0.29) is 0 Å². The molecule has 0 unspecified atom stereocenters. The van der Waals surface area contributed by atoms with Crippen LogP contribution in [-0.4, -0.2) is 10.2 Å². The van der Waals surface area contributed by atoms with Gasteiger partial charge in [0, 0.05) is 12.0 Å². The van der Waals surface area contributed by atoms with Crippen molar-refractivity contribution in [2.24, 2.45) is 0 Å². The minimum Gasteiger partial charge on any atom is -0.143 e. The lowest BCUT2D eigenvalue weighted by Gasteiger charge is -2.06. The topological polar surface area (TPSA) is 25.8 Å². The number of hydrogen-bond donors (Lipinski definition) is 0. The molecule has 0 saturated heterocycles. The van der Waals surface area contributed by atoms with Crippen LogP contribution in [0.2, 0.25) is 0 Å². The van der Waals surface area contributed by atoms with E-state index in [4.69, 9.17) is 0 Å². The van der Waals surface area contributed by atoms with Gasteiger partial charge in [-0.05, 0) is 59.6 Å². The Morgan fingerprint density at radius 3 is 2.00 bits per heavy atom. The highest BCUT2D eigenvalue weighted by Crippen LogP contribution is 2.39. The summed E-state index contributed by atoms with van der Waals surface area (Å²) in [6.07, 6.45) is 19.5. The van der Waals surface area contributed by atoms with E-state index in [9.17, 15) is 0 Å². The van der Waals surface area contributed by atoms with E-state index in [0.717, 1.165) is 17.8 Å². The van der Waals surface area contributed by atoms with Gasteiger partial charge in [-0.1, -0.05) is 120 Å². The van der Waals surface area contributed by atoms with E-state index in [0.29, 0.717) is 0 Å². The molecular formula is C31H42N2S. The average Bonchev–Trinajstić information content (AvgIpc) is 3.47. The summed E-state index contributed by atoms with van der Waals surface area (Å²) < 4.78 is 0. The molecule has 2 aromatic carbocycles. The fourth-order valence-electron chi connectivity index (χ4n) is 5.19. The maximum Gasteiger partial charge on any atom is 0.147 e. The van der Waals surface area contributed by atoms with Crippen LogP contribution < -0.4 is 0 Å². The summed E-state index contributed by atoms with van der Waals surface area (Å²) in [4.78, 5) is 0. The average molecular weight is 475 g/mol. The van der Waals surface area contributed by atoms with Crippen molar-refractivity contribution in [3.63, 3.8) is 0 Å². The van der Waals surface area contributed by atoms with Crippen LogP contribution in [0.1, 0.15) is 113 Å². The van der Waals surface area contributed by atoms with Crippen LogP contribution in [0.5, 0.6) is 0 Å². The molecule has 1 aliphatic rings. The molecule has 34 heavy (non-hydrogen) atoms. The van der Waals surface area contributed by atoms with E-state index < -0.39 is 0 Å². The van der Waals surface area contributed by atoms with Gasteiger partial charge in [0.2, 0.25) is 0 Å². The van der Waals surface area contributed by atoms with Gasteiger partial charge in [-0.15, -0.1) is 10.2 Å². The van der Waals surface area contributed by atoms with Gasteiger partial charge in [0.25, 0.3) is 0 Å². The Kier molecular flexibility index (Phi) is 9.74. The van der Waals surface area contributed by atoms with Gasteiger partial charge in [-0.2, -0.15) is 0 Å². The molecule has 3 heteroatoms. The third-order valence-corrected chi connectivity index (χ3v) is 8.26. The highest BCUT2D eigenvalue weighted by atomic mass is 32.1. The molecule has 0 spiro atoms. The second-order valence-electron chi connectivity index (χ2n) is 10.1. The summed E-state index contributed by atoms with van der Waals surface area (Å²) >= 11 is 1.78. The van der Waals surface area contributed by atoms with E-state index in [1.807, 2.05) is 0 Å². The Morgan fingerprint density at radius 2 is 1.26 bits per heavy atom. The first-order valence-corrected chi connectivity index (χ1v) is 14.7. The Bertz CT molecular complexity index is 1040. The highest BCUT2D eigenvalue weighted by molar-refractivity contribution is 7.14. The molecule has 1 aliphatic carbocycles. The Hall–Kier alpha value is -2.00. The number of hydrogen-bond acceptors (Lipinski definition) is 3. The fraction of sp³-hybridized carbons (Fsp3) is 0.548. The van der Waals surface area contributed by atoms with Crippen LogP contribution in [0.4, 0.5) is 0 Å². The summed E-state index contributed by atoms with van der Waals surface area (Å²) in [6, 6.07) is 14.1. The van der Waals surface area contributed by atoms with Gasteiger partial charge in [-0.3, -0.25) is 0 Å². The standard InChI is InChI=1S/C31H42N2S/c1-3-5-7-9-11-13-15-24-17-19-28-26(21-24)23-27-22-25(18-20-29(27)28)31-33-32-30(34-31)16-14-12-10-8-6-4-2/h17-22H,3-16,23H2,1-2H3. The predicted octanol–water partition coefficient (Wildman–Crippen LogP) is 9.58. The van der Waals surface area contributed by atoms with Gasteiger partial charge < -0.3 is 0 Å². The van der Waals surface area contributed by atoms with Gasteiger partial charge in [0.05, 0.1) is 0 Å². The lowest BCUT2D eigenvalue weighted by molar-refractivity contribution is 0.606. The van der Waals surface area contributed by atoms with E-state index in [2.05, 4.69) is 60.4 Å². The molecule has 0 saturated carbocycles. The molecule has 0 bridgehead atoms. The van der Waals surface area contributed by atoms with Crippen molar-refractivity contribution in [2.75, 3.05) is 0 Å². The minimum absolute atomic E-state index is 1.05. The van der Waals surface area contributed by atoms with Crippen molar-refractivity contribution in [3.05, 3.63) is 58.1 Å².